The highest BCUT2D eigenvalue weighted by Crippen LogP contribution is 2.17. The van der Waals surface area contributed by atoms with E-state index in [4.69, 9.17) is 0 Å². The number of nitrogens with zero attached hydrogens (tertiary/aromatic N) is 4. The number of aryl methyl sites for hydroxylation is 1. The second kappa shape index (κ2) is 6.99. The van der Waals surface area contributed by atoms with E-state index in [9.17, 15) is 9.18 Å². The van der Waals surface area contributed by atoms with Gasteiger partial charge in [-0.25, -0.2) is 9.07 Å². The van der Waals surface area contributed by atoms with Crippen molar-refractivity contribution in [2.45, 2.75) is 20.0 Å². The van der Waals surface area contributed by atoms with Crippen molar-refractivity contribution in [3.05, 3.63) is 65.5 Å². The summed E-state index contributed by atoms with van der Waals surface area (Å²) < 4.78 is 15.2. The first-order chi connectivity index (χ1) is 11.7. The van der Waals surface area contributed by atoms with Crippen LogP contribution in [0.15, 0.2) is 48.5 Å². The zero-order valence-electron chi connectivity index (χ0n) is 13.1. The number of benzene rings is 2. The third-order valence-electron chi connectivity index (χ3n) is 3.61. The quantitative estimate of drug-likeness (QED) is 0.782. The fourth-order valence-corrected chi connectivity index (χ4v) is 2.34. The maximum atomic E-state index is 13.6. The number of carbonyl (C=O) groups excluding carboxylic acids is 1. The van der Waals surface area contributed by atoms with Crippen molar-refractivity contribution >= 4 is 5.91 Å². The van der Waals surface area contributed by atoms with E-state index in [1.54, 1.807) is 41.1 Å². The molecule has 122 valence electrons. The minimum absolute atomic E-state index is 0.127. The van der Waals surface area contributed by atoms with Crippen molar-refractivity contribution in [1.82, 2.24) is 25.5 Å². The fourth-order valence-electron chi connectivity index (χ4n) is 2.34. The van der Waals surface area contributed by atoms with Crippen LogP contribution in [0.5, 0.6) is 0 Å². The molecule has 0 fully saturated rings. The number of amides is 1. The van der Waals surface area contributed by atoms with Crippen LogP contribution >= 0.6 is 0 Å². The molecule has 1 amide bonds. The van der Waals surface area contributed by atoms with Crippen LogP contribution in [-0.4, -0.2) is 26.1 Å². The van der Waals surface area contributed by atoms with Gasteiger partial charge in [-0.1, -0.05) is 30.3 Å². The summed E-state index contributed by atoms with van der Waals surface area (Å²) in [4.78, 5) is 12.3. The van der Waals surface area contributed by atoms with Crippen molar-refractivity contribution in [2.24, 2.45) is 0 Å². The molecule has 0 aliphatic carbocycles. The smallest absolute Gasteiger partial charge is 0.251 e. The third-order valence-corrected chi connectivity index (χ3v) is 3.61. The third kappa shape index (κ3) is 3.29. The van der Waals surface area contributed by atoms with Gasteiger partial charge in [0.2, 0.25) is 0 Å². The minimum atomic E-state index is -0.339. The summed E-state index contributed by atoms with van der Waals surface area (Å²) in [7, 11) is 0. The maximum absolute atomic E-state index is 13.6. The van der Waals surface area contributed by atoms with Crippen LogP contribution in [0.25, 0.3) is 11.4 Å². The minimum Gasteiger partial charge on any atom is -0.348 e. The summed E-state index contributed by atoms with van der Waals surface area (Å²) in [5.74, 6) is -0.0226. The average Bonchev–Trinajstić information content (AvgIpc) is 3.09. The summed E-state index contributed by atoms with van der Waals surface area (Å²) >= 11 is 0. The predicted molar refractivity (Wildman–Crippen MR) is 86.5 cm³/mol. The van der Waals surface area contributed by atoms with Crippen molar-refractivity contribution in [3.8, 4) is 11.4 Å². The Balaban J connectivity index is 1.76. The zero-order chi connectivity index (χ0) is 16.9. The van der Waals surface area contributed by atoms with Gasteiger partial charge in [-0.3, -0.25) is 4.79 Å². The first-order valence-corrected chi connectivity index (χ1v) is 7.57. The molecule has 0 radical (unpaired) electrons. The van der Waals surface area contributed by atoms with Crippen LogP contribution in [-0.2, 0) is 13.1 Å². The highest BCUT2D eigenvalue weighted by Gasteiger charge is 2.12. The molecule has 0 aliphatic heterocycles. The molecular formula is C17H16FN5O. The molecule has 0 bridgehead atoms. The Morgan fingerprint density at radius 1 is 1.21 bits per heavy atom. The Morgan fingerprint density at radius 3 is 2.83 bits per heavy atom. The summed E-state index contributed by atoms with van der Waals surface area (Å²) in [6.07, 6.45) is 0. The molecule has 0 spiro atoms. The van der Waals surface area contributed by atoms with E-state index >= 15 is 0 Å². The van der Waals surface area contributed by atoms with Gasteiger partial charge < -0.3 is 5.32 Å². The molecule has 1 heterocycles. The Hall–Kier alpha value is -3.09. The molecule has 0 atom stereocenters. The lowest BCUT2D eigenvalue weighted by atomic mass is 10.1. The van der Waals surface area contributed by atoms with Crippen LogP contribution in [0.4, 0.5) is 4.39 Å². The summed E-state index contributed by atoms with van der Waals surface area (Å²) in [5, 5.41) is 14.2. The molecule has 1 N–H and O–H groups in total. The number of nitrogens with one attached hydrogen (secondary N) is 1. The van der Waals surface area contributed by atoms with Gasteiger partial charge >= 0.3 is 0 Å². The topological polar surface area (TPSA) is 72.7 Å². The summed E-state index contributed by atoms with van der Waals surface area (Å²) in [6.45, 7) is 2.69. The van der Waals surface area contributed by atoms with E-state index in [2.05, 4.69) is 20.8 Å². The van der Waals surface area contributed by atoms with Gasteiger partial charge in [0.05, 0.1) is 0 Å². The monoisotopic (exact) mass is 325 g/mol. The van der Waals surface area contributed by atoms with E-state index in [-0.39, 0.29) is 18.3 Å². The molecule has 0 unspecified atom stereocenters. The summed E-state index contributed by atoms with van der Waals surface area (Å²) in [5.41, 5.74) is 1.66. The first-order valence-electron chi connectivity index (χ1n) is 7.57. The van der Waals surface area contributed by atoms with Crippen LogP contribution in [0.1, 0.15) is 22.8 Å². The van der Waals surface area contributed by atoms with Crippen molar-refractivity contribution in [3.63, 3.8) is 0 Å². The van der Waals surface area contributed by atoms with E-state index in [1.807, 2.05) is 13.0 Å². The SMILES string of the molecule is CCn1nnnc1-c1cccc(C(=O)NCc2ccccc2F)c1. The lowest BCUT2D eigenvalue weighted by molar-refractivity contribution is 0.0950. The van der Waals surface area contributed by atoms with Crippen molar-refractivity contribution in [1.29, 1.82) is 0 Å². The number of hydrogen-bond acceptors (Lipinski definition) is 4. The van der Waals surface area contributed by atoms with Gasteiger partial charge in [-0.05, 0) is 35.5 Å². The molecule has 24 heavy (non-hydrogen) atoms. The Morgan fingerprint density at radius 2 is 2.04 bits per heavy atom. The standard InChI is InChI=1S/C17H16FN5O/c1-2-23-16(20-21-22-23)12-7-5-8-13(10-12)17(24)19-11-14-6-3-4-9-15(14)18/h3-10H,2,11H2,1H3,(H,19,24). The van der Waals surface area contributed by atoms with Crippen LogP contribution in [0.2, 0.25) is 0 Å². The first kappa shape index (κ1) is 15.8. The Bertz CT molecular complexity index is 861. The summed E-state index contributed by atoms with van der Waals surface area (Å²) in [6, 6.07) is 13.4. The highest BCUT2D eigenvalue weighted by atomic mass is 19.1. The normalized spacial score (nSPS) is 10.6. The molecule has 7 heteroatoms. The Labute approximate surface area is 138 Å². The highest BCUT2D eigenvalue weighted by molar-refractivity contribution is 5.95. The lowest BCUT2D eigenvalue weighted by Crippen LogP contribution is -2.23. The van der Waals surface area contributed by atoms with Gasteiger partial charge in [0, 0.05) is 29.8 Å². The van der Waals surface area contributed by atoms with Gasteiger partial charge in [0.25, 0.3) is 5.91 Å². The van der Waals surface area contributed by atoms with Crippen LogP contribution in [0, 0.1) is 5.82 Å². The number of rotatable bonds is 5. The molecule has 3 rings (SSSR count). The second-order valence-corrected chi connectivity index (χ2v) is 5.17. The van der Waals surface area contributed by atoms with E-state index in [0.717, 1.165) is 5.56 Å². The predicted octanol–water partition coefficient (Wildman–Crippen LogP) is 2.43. The molecular weight excluding hydrogens is 309 g/mol. The largest absolute Gasteiger partial charge is 0.348 e. The Kier molecular flexibility index (Phi) is 4.60. The van der Waals surface area contributed by atoms with Gasteiger partial charge in [0.15, 0.2) is 5.82 Å². The number of halogens is 1. The molecule has 1 aromatic heterocycles. The molecule has 0 saturated heterocycles. The fraction of sp³-hybridized carbons (Fsp3) is 0.176. The van der Waals surface area contributed by atoms with Crippen molar-refractivity contribution < 1.29 is 9.18 Å². The number of carbonyl (C=O) groups is 1. The van der Waals surface area contributed by atoms with E-state index in [0.29, 0.717) is 23.5 Å². The van der Waals surface area contributed by atoms with Gasteiger partial charge in [-0.15, -0.1) is 5.10 Å². The lowest BCUT2D eigenvalue weighted by Gasteiger charge is -2.08. The number of hydrogen-bond donors (Lipinski definition) is 1. The van der Waals surface area contributed by atoms with Crippen LogP contribution < -0.4 is 5.32 Å². The average molecular weight is 325 g/mol. The number of tetrazole rings is 1. The maximum Gasteiger partial charge on any atom is 0.251 e. The van der Waals surface area contributed by atoms with Gasteiger partial charge in [0.1, 0.15) is 5.82 Å². The van der Waals surface area contributed by atoms with E-state index in [1.165, 1.54) is 6.07 Å². The molecule has 0 saturated carbocycles. The van der Waals surface area contributed by atoms with E-state index < -0.39 is 0 Å². The zero-order valence-corrected chi connectivity index (χ0v) is 13.1. The van der Waals surface area contributed by atoms with Gasteiger partial charge in [-0.2, -0.15) is 0 Å². The molecule has 0 aliphatic rings. The molecule has 6 nitrogen and oxygen atoms in total. The molecule has 3 aromatic rings. The molecule has 2 aromatic carbocycles. The van der Waals surface area contributed by atoms with Crippen molar-refractivity contribution in [2.75, 3.05) is 0 Å². The van der Waals surface area contributed by atoms with Crippen LogP contribution in [0.3, 0.4) is 0 Å². The second-order valence-electron chi connectivity index (χ2n) is 5.17. The number of aromatic nitrogens is 4.